The second kappa shape index (κ2) is 6.56. The second-order valence-corrected chi connectivity index (χ2v) is 6.59. The number of benzene rings is 1. The summed E-state index contributed by atoms with van der Waals surface area (Å²) < 4.78 is 0. The first-order chi connectivity index (χ1) is 9.93. The number of hydrogen-bond acceptors (Lipinski definition) is 2. The summed E-state index contributed by atoms with van der Waals surface area (Å²) in [4.78, 5) is 12.8. The first-order valence-electron chi connectivity index (χ1n) is 7.60. The van der Waals surface area contributed by atoms with Crippen LogP contribution >= 0.6 is 12.2 Å². The molecule has 0 bridgehead atoms. The minimum absolute atomic E-state index is 0.00736. The van der Waals surface area contributed by atoms with Crippen LogP contribution in [0.15, 0.2) is 18.2 Å². The van der Waals surface area contributed by atoms with Crippen molar-refractivity contribution in [1.29, 1.82) is 0 Å². The zero-order chi connectivity index (χ0) is 15.5. The number of nitrogens with one attached hydrogen (secondary N) is 1. The van der Waals surface area contributed by atoms with E-state index in [1.165, 1.54) is 17.5 Å². The van der Waals surface area contributed by atoms with E-state index in [0.717, 1.165) is 31.2 Å². The zero-order valence-corrected chi connectivity index (χ0v) is 13.7. The summed E-state index contributed by atoms with van der Waals surface area (Å²) in [5.41, 5.74) is 8.92. The van der Waals surface area contributed by atoms with E-state index in [4.69, 9.17) is 18.0 Å². The number of aryl methyl sites for hydroxylation is 2. The molecule has 3 nitrogen and oxygen atoms in total. The summed E-state index contributed by atoms with van der Waals surface area (Å²) in [6.45, 7) is 4.14. The van der Waals surface area contributed by atoms with E-state index in [1.807, 2.05) is 6.07 Å². The molecule has 0 heterocycles. The van der Waals surface area contributed by atoms with Gasteiger partial charge < -0.3 is 11.1 Å². The van der Waals surface area contributed by atoms with Gasteiger partial charge in [-0.2, -0.15) is 0 Å². The molecule has 0 saturated heterocycles. The monoisotopic (exact) mass is 304 g/mol. The average Bonchev–Trinajstić information content (AvgIpc) is 2.43. The molecule has 0 radical (unpaired) electrons. The molecule has 0 aromatic heterocycles. The maximum absolute atomic E-state index is 12.4. The van der Waals surface area contributed by atoms with Gasteiger partial charge in [-0.25, -0.2) is 0 Å². The van der Waals surface area contributed by atoms with E-state index in [2.05, 4.69) is 31.3 Å². The Morgan fingerprint density at radius 2 is 1.90 bits per heavy atom. The lowest BCUT2D eigenvalue weighted by atomic mass is 9.81. The van der Waals surface area contributed by atoms with Crippen LogP contribution in [-0.4, -0.2) is 16.4 Å². The van der Waals surface area contributed by atoms with Crippen molar-refractivity contribution in [3.8, 4) is 0 Å². The molecule has 1 aliphatic rings. The molecule has 1 aliphatic carbocycles. The molecule has 1 aromatic rings. The van der Waals surface area contributed by atoms with Crippen molar-refractivity contribution in [2.45, 2.75) is 57.9 Å². The Labute approximate surface area is 132 Å². The molecule has 2 rings (SSSR count). The standard InChI is InChI=1S/C17H24N2OS/c1-12-6-7-14(10-13(12)2)11-15(20)19-17(16(18)21)8-4-3-5-9-17/h6-7,10H,3-5,8-9,11H2,1-2H3,(H2,18,21)(H,19,20). The summed E-state index contributed by atoms with van der Waals surface area (Å²) in [6.07, 6.45) is 5.44. The Balaban J connectivity index is 2.05. The average molecular weight is 304 g/mol. The predicted octanol–water partition coefficient (Wildman–Crippen LogP) is 2.95. The lowest BCUT2D eigenvalue weighted by Gasteiger charge is -2.37. The predicted molar refractivity (Wildman–Crippen MR) is 90.4 cm³/mol. The number of carbonyl (C=O) groups is 1. The van der Waals surface area contributed by atoms with Gasteiger partial charge in [-0.05, 0) is 43.4 Å². The van der Waals surface area contributed by atoms with Gasteiger partial charge in [0.2, 0.25) is 5.91 Å². The van der Waals surface area contributed by atoms with E-state index >= 15 is 0 Å². The van der Waals surface area contributed by atoms with Crippen molar-refractivity contribution in [3.63, 3.8) is 0 Å². The van der Waals surface area contributed by atoms with Gasteiger partial charge in [0.15, 0.2) is 0 Å². The highest BCUT2D eigenvalue weighted by Crippen LogP contribution is 2.28. The fourth-order valence-electron chi connectivity index (χ4n) is 3.00. The third-order valence-corrected chi connectivity index (χ3v) is 4.88. The zero-order valence-electron chi connectivity index (χ0n) is 12.9. The van der Waals surface area contributed by atoms with Crippen LogP contribution < -0.4 is 11.1 Å². The van der Waals surface area contributed by atoms with Gasteiger partial charge in [-0.3, -0.25) is 4.79 Å². The molecule has 1 amide bonds. The molecule has 0 spiro atoms. The molecule has 3 N–H and O–H groups in total. The normalized spacial score (nSPS) is 17.2. The van der Waals surface area contributed by atoms with Crippen molar-refractivity contribution in [2.24, 2.45) is 5.73 Å². The quantitative estimate of drug-likeness (QED) is 0.841. The van der Waals surface area contributed by atoms with Gasteiger partial charge in [-0.1, -0.05) is 49.7 Å². The molecule has 21 heavy (non-hydrogen) atoms. The van der Waals surface area contributed by atoms with E-state index in [9.17, 15) is 4.79 Å². The number of nitrogens with two attached hydrogens (primary N) is 1. The van der Waals surface area contributed by atoms with E-state index < -0.39 is 5.54 Å². The maximum Gasteiger partial charge on any atom is 0.225 e. The smallest absolute Gasteiger partial charge is 0.225 e. The lowest BCUT2D eigenvalue weighted by Crippen LogP contribution is -2.58. The van der Waals surface area contributed by atoms with Crippen molar-refractivity contribution in [3.05, 3.63) is 34.9 Å². The molecule has 0 atom stereocenters. The molecule has 1 aromatic carbocycles. The highest BCUT2D eigenvalue weighted by atomic mass is 32.1. The van der Waals surface area contributed by atoms with Crippen LogP contribution in [-0.2, 0) is 11.2 Å². The SMILES string of the molecule is Cc1ccc(CC(=O)NC2(C(N)=S)CCCCC2)cc1C. The molecule has 1 saturated carbocycles. The molecule has 114 valence electrons. The summed E-state index contributed by atoms with van der Waals surface area (Å²) in [5, 5.41) is 3.11. The second-order valence-electron chi connectivity index (χ2n) is 6.15. The van der Waals surface area contributed by atoms with Gasteiger partial charge in [0.05, 0.1) is 16.9 Å². The maximum atomic E-state index is 12.4. The van der Waals surface area contributed by atoms with E-state index in [1.54, 1.807) is 0 Å². The third kappa shape index (κ3) is 3.82. The van der Waals surface area contributed by atoms with Crippen LogP contribution in [0.2, 0.25) is 0 Å². The van der Waals surface area contributed by atoms with Gasteiger partial charge in [0.25, 0.3) is 0 Å². The molecular formula is C17H24N2OS. The Hall–Kier alpha value is -1.42. The fourth-order valence-corrected chi connectivity index (χ4v) is 3.25. The van der Waals surface area contributed by atoms with E-state index in [-0.39, 0.29) is 5.91 Å². The van der Waals surface area contributed by atoms with Gasteiger partial charge in [0.1, 0.15) is 0 Å². The molecular weight excluding hydrogens is 280 g/mol. The summed E-state index contributed by atoms with van der Waals surface area (Å²) in [7, 11) is 0. The number of carbonyl (C=O) groups excluding carboxylic acids is 1. The van der Waals surface area contributed by atoms with Crippen LogP contribution in [0.4, 0.5) is 0 Å². The first kappa shape index (κ1) is 16.0. The van der Waals surface area contributed by atoms with Gasteiger partial charge in [-0.15, -0.1) is 0 Å². The Morgan fingerprint density at radius 1 is 1.24 bits per heavy atom. The Bertz CT molecular complexity index is 548. The Morgan fingerprint density at radius 3 is 2.48 bits per heavy atom. The van der Waals surface area contributed by atoms with Gasteiger partial charge >= 0.3 is 0 Å². The summed E-state index contributed by atoms with van der Waals surface area (Å²) in [6, 6.07) is 6.14. The first-order valence-corrected chi connectivity index (χ1v) is 8.01. The molecule has 0 unspecified atom stereocenters. The largest absolute Gasteiger partial charge is 0.391 e. The van der Waals surface area contributed by atoms with Crippen LogP contribution in [0.1, 0.15) is 48.8 Å². The van der Waals surface area contributed by atoms with Gasteiger partial charge in [0, 0.05) is 0 Å². The minimum Gasteiger partial charge on any atom is -0.391 e. The molecule has 4 heteroatoms. The van der Waals surface area contributed by atoms with E-state index in [0.29, 0.717) is 11.4 Å². The van der Waals surface area contributed by atoms with Crippen LogP contribution in [0.25, 0.3) is 0 Å². The Kier molecular flexibility index (Phi) is 4.99. The van der Waals surface area contributed by atoms with Crippen LogP contribution in [0, 0.1) is 13.8 Å². The topological polar surface area (TPSA) is 55.1 Å². The molecule has 1 fully saturated rings. The summed E-state index contributed by atoms with van der Waals surface area (Å²) >= 11 is 5.21. The van der Waals surface area contributed by atoms with Crippen molar-refractivity contribution < 1.29 is 4.79 Å². The van der Waals surface area contributed by atoms with Crippen LogP contribution in [0.3, 0.4) is 0 Å². The molecule has 0 aliphatic heterocycles. The van der Waals surface area contributed by atoms with Crippen molar-refractivity contribution in [2.75, 3.05) is 0 Å². The fraction of sp³-hybridized carbons (Fsp3) is 0.529. The third-order valence-electron chi connectivity index (χ3n) is 4.49. The highest BCUT2D eigenvalue weighted by Gasteiger charge is 2.36. The number of hydrogen-bond donors (Lipinski definition) is 2. The highest BCUT2D eigenvalue weighted by molar-refractivity contribution is 7.80. The number of amides is 1. The van der Waals surface area contributed by atoms with Crippen LogP contribution in [0.5, 0.6) is 0 Å². The number of rotatable bonds is 4. The van der Waals surface area contributed by atoms with Crippen molar-refractivity contribution >= 4 is 23.1 Å². The minimum atomic E-state index is -0.468. The lowest BCUT2D eigenvalue weighted by molar-refractivity contribution is -0.121. The van der Waals surface area contributed by atoms with Crippen molar-refractivity contribution in [1.82, 2.24) is 5.32 Å². The summed E-state index contributed by atoms with van der Waals surface area (Å²) in [5.74, 6) is 0.00736. The number of thiocarbonyl (C=S) groups is 1.